The normalized spacial score (nSPS) is 13.6. The minimum Gasteiger partial charge on any atom is -0.496 e. The number of hydrogen-bond donors (Lipinski definition) is 1. The first kappa shape index (κ1) is 25.6. The second-order valence-corrected chi connectivity index (χ2v) is 9.17. The van der Waals surface area contributed by atoms with E-state index in [0.717, 1.165) is 18.6 Å². The lowest BCUT2D eigenvalue weighted by Crippen LogP contribution is -2.31. The summed E-state index contributed by atoms with van der Waals surface area (Å²) >= 11 is 1.82. The van der Waals surface area contributed by atoms with E-state index < -0.39 is 0 Å². The zero-order valence-corrected chi connectivity index (χ0v) is 19.7. The van der Waals surface area contributed by atoms with Crippen LogP contribution >= 0.6 is 11.8 Å². The number of carbonyl (C=O) groups is 1. The molecule has 1 N–H and O–H groups in total. The van der Waals surface area contributed by atoms with Gasteiger partial charge in [0.15, 0.2) is 0 Å². The van der Waals surface area contributed by atoms with Crippen LogP contribution in [-0.4, -0.2) is 63.1 Å². The second-order valence-electron chi connectivity index (χ2n) is 7.62. The molecule has 0 spiro atoms. The third-order valence-corrected chi connectivity index (χ3v) is 5.91. The van der Waals surface area contributed by atoms with Crippen LogP contribution in [0.1, 0.15) is 50.9 Å². The molecule has 2 unspecified atom stereocenters. The van der Waals surface area contributed by atoms with Crippen LogP contribution in [0.25, 0.3) is 0 Å². The summed E-state index contributed by atoms with van der Waals surface area (Å²) in [6.07, 6.45) is 2.05. The van der Waals surface area contributed by atoms with Crippen molar-refractivity contribution in [2.45, 2.75) is 57.5 Å². The van der Waals surface area contributed by atoms with E-state index in [1.807, 2.05) is 18.7 Å². The van der Waals surface area contributed by atoms with Crippen molar-refractivity contribution in [3.05, 3.63) is 23.8 Å². The van der Waals surface area contributed by atoms with Crippen molar-refractivity contribution < 1.29 is 23.7 Å². The molecule has 2 atom stereocenters. The number of nitrogens with one attached hydrogen (secondary N) is 1. The van der Waals surface area contributed by atoms with Gasteiger partial charge in [0, 0.05) is 25.5 Å². The summed E-state index contributed by atoms with van der Waals surface area (Å²) in [5.74, 6) is 1.78. The second kappa shape index (κ2) is 13.0. The Balaban J connectivity index is 2.41. The molecule has 0 aliphatic heterocycles. The summed E-state index contributed by atoms with van der Waals surface area (Å²) in [6.45, 7) is 9.65. The minimum absolute atomic E-state index is 0.172. The van der Waals surface area contributed by atoms with Crippen molar-refractivity contribution in [3.8, 4) is 11.5 Å². The number of ether oxygens (including phenoxy) is 4. The predicted molar refractivity (Wildman–Crippen MR) is 120 cm³/mol. The van der Waals surface area contributed by atoms with E-state index in [4.69, 9.17) is 18.9 Å². The van der Waals surface area contributed by atoms with Crippen molar-refractivity contribution in [2.75, 3.05) is 40.2 Å². The van der Waals surface area contributed by atoms with Gasteiger partial charge in [-0.2, -0.15) is 11.8 Å². The first-order valence-electron chi connectivity index (χ1n) is 10.0. The van der Waals surface area contributed by atoms with Crippen LogP contribution in [-0.2, 0) is 9.47 Å². The molecule has 0 heterocycles. The minimum atomic E-state index is -0.192. The molecule has 0 aliphatic carbocycles. The van der Waals surface area contributed by atoms with Gasteiger partial charge in [0.05, 0.1) is 25.9 Å². The Morgan fingerprint density at radius 3 is 2.31 bits per heavy atom. The highest BCUT2D eigenvalue weighted by molar-refractivity contribution is 7.99. The van der Waals surface area contributed by atoms with E-state index in [1.54, 1.807) is 39.5 Å². The van der Waals surface area contributed by atoms with E-state index in [1.165, 1.54) is 0 Å². The Morgan fingerprint density at radius 2 is 1.76 bits per heavy atom. The molecule has 0 bridgehead atoms. The zero-order valence-electron chi connectivity index (χ0n) is 18.9. The molecule has 0 aliphatic rings. The summed E-state index contributed by atoms with van der Waals surface area (Å²) in [4.78, 5) is 12.6. The number of benzene rings is 1. The smallest absolute Gasteiger partial charge is 0.258 e. The van der Waals surface area contributed by atoms with Crippen molar-refractivity contribution in [1.29, 1.82) is 0 Å². The Morgan fingerprint density at radius 1 is 1.14 bits per heavy atom. The molecule has 1 aromatic rings. The highest BCUT2D eigenvalue weighted by Crippen LogP contribution is 2.28. The van der Waals surface area contributed by atoms with E-state index in [2.05, 4.69) is 26.1 Å². The van der Waals surface area contributed by atoms with Gasteiger partial charge in [0.1, 0.15) is 17.1 Å². The number of carbonyl (C=O) groups excluding carboxylic acids is 1. The molecule has 1 aromatic carbocycles. The lowest BCUT2D eigenvalue weighted by Gasteiger charge is -2.26. The average molecular weight is 428 g/mol. The van der Waals surface area contributed by atoms with Gasteiger partial charge in [0.25, 0.3) is 5.91 Å². The van der Waals surface area contributed by atoms with Gasteiger partial charge in [-0.15, -0.1) is 0 Å². The molecule has 29 heavy (non-hydrogen) atoms. The summed E-state index contributed by atoms with van der Waals surface area (Å²) < 4.78 is 21.9. The average Bonchev–Trinajstić information content (AvgIpc) is 2.70. The number of methoxy groups -OCH3 is 3. The lowest BCUT2D eigenvalue weighted by atomic mass is 10.1. The number of amides is 1. The highest BCUT2D eigenvalue weighted by atomic mass is 32.2. The maximum atomic E-state index is 12.6. The van der Waals surface area contributed by atoms with Crippen LogP contribution in [0.2, 0.25) is 0 Å². The van der Waals surface area contributed by atoms with Gasteiger partial charge in [-0.3, -0.25) is 4.79 Å². The molecule has 0 radical (unpaired) electrons. The standard InChI is InChI=1S/C22H37NO5S/c1-16(25-5)11-13-28-22(3,4)12-14-29-17(2)15-23-21(24)20-18(26-6)9-8-10-19(20)27-7/h8-10,16-17H,11-15H2,1-7H3,(H,23,24). The van der Waals surface area contributed by atoms with Crippen LogP contribution in [0.3, 0.4) is 0 Å². The Bertz CT molecular complexity index is 601. The molecule has 0 aromatic heterocycles. The summed E-state index contributed by atoms with van der Waals surface area (Å²) in [5.41, 5.74) is 0.253. The molecule has 7 heteroatoms. The Kier molecular flexibility index (Phi) is 11.5. The van der Waals surface area contributed by atoms with Gasteiger partial charge in [-0.25, -0.2) is 0 Å². The van der Waals surface area contributed by atoms with Crippen molar-refractivity contribution in [2.24, 2.45) is 0 Å². The lowest BCUT2D eigenvalue weighted by molar-refractivity contribution is -0.0350. The zero-order chi connectivity index (χ0) is 21.9. The molecule has 1 amide bonds. The van der Waals surface area contributed by atoms with Crippen molar-refractivity contribution in [1.82, 2.24) is 5.32 Å². The van der Waals surface area contributed by atoms with Crippen molar-refractivity contribution in [3.63, 3.8) is 0 Å². The highest BCUT2D eigenvalue weighted by Gasteiger charge is 2.21. The van der Waals surface area contributed by atoms with Gasteiger partial charge in [-0.1, -0.05) is 13.0 Å². The van der Waals surface area contributed by atoms with Gasteiger partial charge in [-0.05, 0) is 51.5 Å². The van der Waals surface area contributed by atoms with E-state index in [-0.39, 0.29) is 22.9 Å². The summed E-state index contributed by atoms with van der Waals surface area (Å²) in [6, 6.07) is 5.31. The molecule has 0 saturated heterocycles. The van der Waals surface area contributed by atoms with Gasteiger partial charge >= 0.3 is 0 Å². The topological polar surface area (TPSA) is 66.0 Å². The summed E-state index contributed by atoms with van der Waals surface area (Å²) in [7, 11) is 4.81. The van der Waals surface area contributed by atoms with Gasteiger partial charge < -0.3 is 24.3 Å². The SMILES string of the molecule is COc1cccc(OC)c1C(=O)NCC(C)SCCC(C)(C)OCCC(C)OC. The van der Waals surface area contributed by atoms with Crippen LogP contribution in [0.15, 0.2) is 18.2 Å². The first-order valence-corrected chi connectivity index (χ1v) is 11.1. The van der Waals surface area contributed by atoms with Crippen LogP contribution in [0.5, 0.6) is 11.5 Å². The van der Waals surface area contributed by atoms with Crippen LogP contribution in [0, 0.1) is 0 Å². The molecule has 1 rings (SSSR count). The maximum Gasteiger partial charge on any atom is 0.258 e. The number of rotatable bonds is 14. The van der Waals surface area contributed by atoms with Crippen LogP contribution < -0.4 is 14.8 Å². The third-order valence-electron chi connectivity index (χ3n) is 4.73. The fourth-order valence-corrected chi connectivity index (χ4v) is 3.87. The van der Waals surface area contributed by atoms with Crippen molar-refractivity contribution >= 4 is 17.7 Å². The molecule has 0 saturated carbocycles. The van der Waals surface area contributed by atoms with Crippen LogP contribution in [0.4, 0.5) is 0 Å². The van der Waals surface area contributed by atoms with E-state index in [9.17, 15) is 4.79 Å². The molecule has 166 valence electrons. The first-order chi connectivity index (χ1) is 13.7. The molecular formula is C22H37NO5S. The number of hydrogen-bond acceptors (Lipinski definition) is 6. The Hall–Kier alpha value is -1.44. The monoisotopic (exact) mass is 427 g/mol. The molecular weight excluding hydrogens is 390 g/mol. The maximum absolute atomic E-state index is 12.6. The molecule has 0 fully saturated rings. The quantitative estimate of drug-likeness (QED) is 0.481. The van der Waals surface area contributed by atoms with E-state index >= 15 is 0 Å². The fourth-order valence-electron chi connectivity index (χ4n) is 2.66. The predicted octanol–water partition coefficient (Wildman–Crippen LogP) is 4.17. The van der Waals surface area contributed by atoms with E-state index in [0.29, 0.717) is 30.2 Å². The molecule has 6 nitrogen and oxygen atoms in total. The number of thioether (sulfide) groups is 1. The largest absolute Gasteiger partial charge is 0.496 e. The fraction of sp³-hybridized carbons (Fsp3) is 0.682. The van der Waals surface area contributed by atoms with Gasteiger partial charge in [0.2, 0.25) is 0 Å². The Labute approximate surface area is 180 Å². The third kappa shape index (κ3) is 9.28. The summed E-state index contributed by atoms with van der Waals surface area (Å²) in [5, 5.41) is 3.27.